The van der Waals surface area contributed by atoms with Crippen LogP contribution >= 0.6 is 11.6 Å². The monoisotopic (exact) mass is 434 g/mol. The van der Waals surface area contributed by atoms with Gasteiger partial charge in [0.2, 0.25) is 0 Å². The van der Waals surface area contributed by atoms with Gasteiger partial charge in [0, 0.05) is 5.41 Å². The van der Waals surface area contributed by atoms with Gasteiger partial charge >= 0.3 is 0 Å². The van der Waals surface area contributed by atoms with Gasteiger partial charge in [0.15, 0.2) is 0 Å². The average molecular weight is 435 g/mol. The molecule has 0 aromatic heterocycles. The van der Waals surface area contributed by atoms with Crippen LogP contribution in [0.1, 0.15) is 25.0 Å². The normalized spacial score (nSPS) is 13.5. The van der Waals surface area contributed by atoms with Gasteiger partial charge in [-0.3, -0.25) is 0 Å². The molecule has 164 valence electrons. The molecule has 0 aliphatic heterocycles. The molecule has 0 fully saturated rings. The molecule has 0 amide bonds. The topological polar surface area (TPSA) is 68.2 Å². The van der Waals surface area contributed by atoms with Crippen molar-refractivity contribution in [3.8, 4) is 11.5 Å². The van der Waals surface area contributed by atoms with Gasteiger partial charge in [0.05, 0.1) is 19.1 Å². The minimum Gasteiger partial charge on any atom is -0.491 e. The Morgan fingerprint density at radius 2 is 1.33 bits per heavy atom. The van der Waals surface area contributed by atoms with Gasteiger partial charge in [-0.2, -0.15) is 0 Å². The van der Waals surface area contributed by atoms with E-state index in [-0.39, 0.29) is 31.1 Å². The summed E-state index contributed by atoms with van der Waals surface area (Å²) in [6.45, 7) is 8.82. The standard InChI is InChI=1S/C24H31ClO5/c1-4-13-28-15-21(27)17-30-23-11-7-19(8-12-23)24(2,3)18-5-9-22(10-6-18)29-16-20(26)14-25/h4-12,20-21,26-27H,1,13-17H2,2-3H3. The minimum absolute atomic E-state index is 0.146. The minimum atomic E-state index is -0.688. The Bertz CT molecular complexity index is 758. The van der Waals surface area contributed by atoms with Crippen molar-refractivity contribution in [2.75, 3.05) is 32.3 Å². The molecule has 0 saturated heterocycles. The molecule has 0 heterocycles. The lowest BCUT2D eigenvalue weighted by Crippen LogP contribution is -2.23. The van der Waals surface area contributed by atoms with Crippen molar-refractivity contribution < 1.29 is 24.4 Å². The van der Waals surface area contributed by atoms with E-state index in [1.807, 2.05) is 48.5 Å². The largest absolute Gasteiger partial charge is 0.491 e. The molecule has 2 unspecified atom stereocenters. The third-order valence-corrected chi connectivity index (χ3v) is 5.12. The van der Waals surface area contributed by atoms with E-state index in [9.17, 15) is 10.2 Å². The van der Waals surface area contributed by atoms with Crippen LogP contribution in [0.25, 0.3) is 0 Å². The SMILES string of the molecule is C=CCOCC(O)COc1ccc(C(C)(C)c2ccc(OCC(O)CCl)cc2)cc1. The molecule has 2 rings (SSSR count). The zero-order valence-corrected chi connectivity index (χ0v) is 18.3. The summed E-state index contributed by atoms with van der Waals surface area (Å²) in [6, 6.07) is 15.7. The summed E-state index contributed by atoms with van der Waals surface area (Å²) in [5, 5.41) is 19.4. The first-order chi connectivity index (χ1) is 14.4. The molecule has 2 aromatic rings. The molecular formula is C24H31ClO5. The molecule has 0 radical (unpaired) electrons. The number of rotatable bonds is 13. The predicted molar refractivity (Wildman–Crippen MR) is 120 cm³/mol. The molecule has 6 heteroatoms. The zero-order chi connectivity index (χ0) is 22.0. The zero-order valence-electron chi connectivity index (χ0n) is 17.6. The number of hydrogen-bond acceptors (Lipinski definition) is 5. The molecule has 0 bridgehead atoms. The number of halogens is 1. The van der Waals surface area contributed by atoms with Crippen molar-refractivity contribution in [3.63, 3.8) is 0 Å². The molecule has 2 aromatic carbocycles. The lowest BCUT2D eigenvalue weighted by molar-refractivity contribution is 0.0214. The van der Waals surface area contributed by atoms with E-state index in [1.54, 1.807) is 6.08 Å². The van der Waals surface area contributed by atoms with Gasteiger partial charge in [0.25, 0.3) is 0 Å². The molecule has 0 saturated carbocycles. The number of benzene rings is 2. The second kappa shape index (κ2) is 12.0. The van der Waals surface area contributed by atoms with Crippen LogP contribution in [0.15, 0.2) is 61.2 Å². The summed E-state index contributed by atoms with van der Waals surface area (Å²) in [5.74, 6) is 1.53. The van der Waals surface area contributed by atoms with E-state index in [1.165, 1.54) is 0 Å². The number of aliphatic hydroxyl groups excluding tert-OH is 2. The number of hydrogen-bond donors (Lipinski definition) is 2. The third-order valence-electron chi connectivity index (χ3n) is 4.76. The van der Waals surface area contributed by atoms with Gasteiger partial charge in [0.1, 0.15) is 36.9 Å². The van der Waals surface area contributed by atoms with E-state index >= 15 is 0 Å². The van der Waals surface area contributed by atoms with Crippen LogP contribution in [-0.4, -0.2) is 54.7 Å². The van der Waals surface area contributed by atoms with Crippen LogP contribution in [0.4, 0.5) is 0 Å². The van der Waals surface area contributed by atoms with Crippen LogP contribution in [-0.2, 0) is 10.2 Å². The molecule has 0 aliphatic rings. The lowest BCUT2D eigenvalue weighted by atomic mass is 9.78. The Balaban J connectivity index is 1.94. The van der Waals surface area contributed by atoms with Gasteiger partial charge < -0.3 is 24.4 Å². The van der Waals surface area contributed by atoms with Crippen LogP contribution in [0, 0.1) is 0 Å². The smallest absolute Gasteiger partial charge is 0.119 e. The highest BCUT2D eigenvalue weighted by atomic mass is 35.5. The van der Waals surface area contributed by atoms with E-state index in [0.29, 0.717) is 18.1 Å². The Labute approximate surface area is 183 Å². The van der Waals surface area contributed by atoms with E-state index in [2.05, 4.69) is 20.4 Å². The molecule has 5 nitrogen and oxygen atoms in total. The number of alkyl halides is 1. The summed E-state index contributed by atoms with van der Waals surface area (Å²) in [4.78, 5) is 0. The number of ether oxygens (including phenoxy) is 3. The highest BCUT2D eigenvalue weighted by Gasteiger charge is 2.23. The maximum absolute atomic E-state index is 9.86. The van der Waals surface area contributed by atoms with Crippen molar-refractivity contribution in [3.05, 3.63) is 72.3 Å². The first-order valence-corrected chi connectivity index (χ1v) is 10.5. The Kier molecular flexibility index (Phi) is 9.66. The maximum atomic E-state index is 9.86. The van der Waals surface area contributed by atoms with Crippen LogP contribution in [0.2, 0.25) is 0 Å². The second-order valence-electron chi connectivity index (χ2n) is 7.58. The molecule has 2 N–H and O–H groups in total. The highest BCUT2D eigenvalue weighted by Crippen LogP contribution is 2.33. The third kappa shape index (κ3) is 7.33. The fourth-order valence-corrected chi connectivity index (χ4v) is 2.96. The molecule has 0 aliphatic carbocycles. The van der Waals surface area contributed by atoms with Crippen molar-refractivity contribution in [2.45, 2.75) is 31.5 Å². The summed E-state index contributed by atoms with van der Waals surface area (Å²) in [5.41, 5.74) is 2.05. The second-order valence-corrected chi connectivity index (χ2v) is 7.89. The molecular weight excluding hydrogens is 404 g/mol. The average Bonchev–Trinajstić information content (AvgIpc) is 2.76. The summed E-state index contributed by atoms with van der Waals surface area (Å²) >= 11 is 5.58. The van der Waals surface area contributed by atoms with Crippen LogP contribution in [0.3, 0.4) is 0 Å². The van der Waals surface area contributed by atoms with Gasteiger partial charge in [-0.1, -0.05) is 44.2 Å². The van der Waals surface area contributed by atoms with E-state index in [0.717, 1.165) is 11.1 Å². The summed E-state index contributed by atoms with van der Waals surface area (Å²) in [6.07, 6.45) is 0.275. The first-order valence-electron chi connectivity index (χ1n) is 9.94. The van der Waals surface area contributed by atoms with Gasteiger partial charge in [-0.05, 0) is 35.4 Å². The van der Waals surface area contributed by atoms with Crippen LogP contribution < -0.4 is 9.47 Å². The quantitative estimate of drug-likeness (QED) is 0.284. The molecule has 2 atom stereocenters. The Morgan fingerprint density at radius 3 is 1.77 bits per heavy atom. The van der Waals surface area contributed by atoms with Crippen molar-refractivity contribution >= 4 is 11.6 Å². The molecule has 0 spiro atoms. The Morgan fingerprint density at radius 1 is 0.867 bits per heavy atom. The lowest BCUT2D eigenvalue weighted by Gasteiger charge is -2.26. The van der Waals surface area contributed by atoms with Gasteiger partial charge in [-0.25, -0.2) is 0 Å². The first kappa shape index (κ1) is 24.2. The highest BCUT2D eigenvalue weighted by molar-refractivity contribution is 6.18. The Hall–Kier alpha value is -2.05. The number of aliphatic hydroxyl groups is 2. The van der Waals surface area contributed by atoms with Gasteiger partial charge in [-0.15, -0.1) is 18.2 Å². The summed E-state index contributed by atoms with van der Waals surface area (Å²) < 4.78 is 16.4. The fraction of sp³-hybridized carbons (Fsp3) is 0.417. The fourth-order valence-electron chi connectivity index (χ4n) is 2.87. The molecule has 30 heavy (non-hydrogen) atoms. The van der Waals surface area contributed by atoms with Crippen molar-refractivity contribution in [1.82, 2.24) is 0 Å². The van der Waals surface area contributed by atoms with Crippen molar-refractivity contribution in [2.24, 2.45) is 0 Å². The maximum Gasteiger partial charge on any atom is 0.119 e. The predicted octanol–water partition coefficient (Wildman–Crippen LogP) is 3.93. The van der Waals surface area contributed by atoms with Crippen LogP contribution in [0.5, 0.6) is 11.5 Å². The van der Waals surface area contributed by atoms with E-state index in [4.69, 9.17) is 25.8 Å². The summed E-state index contributed by atoms with van der Waals surface area (Å²) in [7, 11) is 0. The van der Waals surface area contributed by atoms with Crippen molar-refractivity contribution in [1.29, 1.82) is 0 Å². The van der Waals surface area contributed by atoms with E-state index < -0.39 is 12.2 Å².